The molecule has 0 atom stereocenters. The van der Waals surface area contributed by atoms with Gasteiger partial charge in [-0.15, -0.1) is 0 Å². The third-order valence-electron chi connectivity index (χ3n) is 8.39. The SMILES string of the molecule is CCc1ccc(CC(=O)C(=O)NCC(C)(C)CNC(=O)c2ccc(Nc3nc(NC4(c5ccc(Cl)cc5)CC4)nc(OCC(F)(F)F)n3)cc2)cc1. The predicted molar refractivity (Wildman–Crippen MR) is 191 cm³/mol. The summed E-state index contributed by atoms with van der Waals surface area (Å²) < 4.78 is 43.6. The minimum absolute atomic E-state index is 0.00119. The fourth-order valence-corrected chi connectivity index (χ4v) is 5.29. The molecule has 52 heavy (non-hydrogen) atoms. The Bertz CT molecular complexity index is 1880. The highest BCUT2D eigenvalue weighted by atomic mass is 35.5. The summed E-state index contributed by atoms with van der Waals surface area (Å²) in [6, 6.07) is 20.5. The summed E-state index contributed by atoms with van der Waals surface area (Å²) in [5, 5.41) is 12.2. The van der Waals surface area contributed by atoms with Crippen molar-refractivity contribution < 1.29 is 32.3 Å². The second-order valence-corrected chi connectivity index (χ2v) is 13.8. The zero-order chi connectivity index (χ0) is 37.5. The molecule has 1 aromatic heterocycles. The van der Waals surface area contributed by atoms with Crippen LogP contribution in [0.25, 0.3) is 0 Å². The fraction of sp³-hybridized carbons (Fsp3) is 0.351. The number of aromatic nitrogens is 3. The highest BCUT2D eigenvalue weighted by Gasteiger charge is 2.45. The van der Waals surface area contributed by atoms with Crippen LogP contribution in [0.3, 0.4) is 0 Å². The van der Waals surface area contributed by atoms with Crippen molar-refractivity contribution in [3.05, 3.63) is 100 Å². The first-order valence-corrected chi connectivity index (χ1v) is 17.0. The third-order valence-corrected chi connectivity index (χ3v) is 8.64. The fourth-order valence-electron chi connectivity index (χ4n) is 5.17. The molecular weight excluding hydrogens is 699 g/mol. The van der Waals surface area contributed by atoms with Crippen molar-refractivity contribution in [3.8, 4) is 6.01 Å². The number of carbonyl (C=O) groups excluding carboxylic acids is 3. The Hall–Kier alpha value is -5.24. The highest BCUT2D eigenvalue weighted by molar-refractivity contribution is 6.36. The van der Waals surface area contributed by atoms with Gasteiger partial charge in [0.25, 0.3) is 11.8 Å². The van der Waals surface area contributed by atoms with Gasteiger partial charge in [-0.25, -0.2) is 0 Å². The number of anilines is 3. The van der Waals surface area contributed by atoms with Crippen LogP contribution in [0.4, 0.5) is 30.8 Å². The summed E-state index contributed by atoms with van der Waals surface area (Å²) in [5.41, 5.74) is 2.52. The molecule has 0 saturated heterocycles. The Morgan fingerprint density at radius 1 is 0.827 bits per heavy atom. The molecule has 0 unspecified atom stereocenters. The average molecular weight is 738 g/mol. The molecule has 2 amide bonds. The molecule has 11 nitrogen and oxygen atoms in total. The number of ether oxygens (including phenoxy) is 1. The molecule has 0 spiro atoms. The predicted octanol–water partition coefficient (Wildman–Crippen LogP) is 6.56. The van der Waals surface area contributed by atoms with E-state index in [2.05, 4.69) is 36.2 Å². The zero-order valence-corrected chi connectivity index (χ0v) is 29.6. The molecule has 0 bridgehead atoms. The maximum absolute atomic E-state index is 12.9. The number of benzene rings is 3. The summed E-state index contributed by atoms with van der Waals surface area (Å²) in [4.78, 5) is 50.3. The summed E-state index contributed by atoms with van der Waals surface area (Å²) in [5.74, 6) is -1.66. The van der Waals surface area contributed by atoms with Crippen LogP contribution < -0.4 is 26.0 Å². The smallest absolute Gasteiger partial charge is 0.422 e. The van der Waals surface area contributed by atoms with Crippen LogP contribution in [-0.2, 0) is 28.0 Å². The number of Topliss-reactive ketones (excluding diaryl/α,β-unsaturated/α-hetero) is 1. The normalized spacial score (nSPS) is 13.5. The number of rotatable bonds is 16. The lowest BCUT2D eigenvalue weighted by Gasteiger charge is -2.25. The zero-order valence-electron chi connectivity index (χ0n) is 28.9. The van der Waals surface area contributed by atoms with Gasteiger partial charge in [0.05, 0.1) is 5.54 Å². The van der Waals surface area contributed by atoms with Crippen molar-refractivity contribution in [3.63, 3.8) is 0 Å². The first kappa shape index (κ1) is 38.0. The monoisotopic (exact) mass is 737 g/mol. The summed E-state index contributed by atoms with van der Waals surface area (Å²) in [6.07, 6.45) is -2.24. The molecule has 1 saturated carbocycles. The molecule has 4 N–H and O–H groups in total. The van der Waals surface area contributed by atoms with E-state index < -0.39 is 41.4 Å². The number of hydrogen-bond acceptors (Lipinski definition) is 9. The second kappa shape index (κ2) is 16.0. The van der Waals surface area contributed by atoms with Gasteiger partial charge in [-0.05, 0) is 77.8 Å². The maximum Gasteiger partial charge on any atom is 0.422 e. The third kappa shape index (κ3) is 10.9. The van der Waals surface area contributed by atoms with Crippen LogP contribution in [0.15, 0.2) is 72.8 Å². The molecule has 0 radical (unpaired) electrons. The van der Waals surface area contributed by atoms with Crippen molar-refractivity contribution in [1.82, 2.24) is 25.6 Å². The van der Waals surface area contributed by atoms with Gasteiger partial charge >= 0.3 is 12.2 Å². The van der Waals surface area contributed by atoms with Gasteiger partial charge in [0, 0.05) is 35.8 Å². The van der Waals surface area contributed by atoms with Crippen LogP contribution in [0.1, 0.15) is 60.7 Å². The van der Waals surface area contributed by atoms with E-state index in [-0.39, 0.29) is 37.3 Å². The number of carbonyl (C=O) groups is 3. The minimum Gasteiger partial charge on any atom is -0.454 e. The van der Waals surface area contributed by atoms with E-state index >= 15 is 0 Å². The van der Waals surface area contributed by atoms with Gasteiger partial charge in [0.15, 0.2) is 6.61 Å². The van der Waals surface area contributed by atoms with Gasteiger partial charge in [-0.2, -0.15) is 28.1 Å². The van der Waals surface area contributed by atoms with Crippen molar-refractivity contribution in [2.75, 3.05) is 30.3 Å². The van der Waals surface area contributed by atoms with Gasteiger partial charge < -0.3 is 26.0 Å². The summed E-state index contributed by atoms with van der Waals surface area (Å²) in [6.45, 7) is 4.51. The molecule has 4 aromatic rings. The average Bonchev–Trinajstić information content (AvgIpc) is 3.89. The van der Waals surface area contributed by atoms with Gasteiger partial charge in [-0.3, -0.25) is 14.4 Å². The van der Waals surface area contributed by atoms with Crippen molar-refractivity contribution >= 4 is 46.8 Å². The van der Waals surface area contributed by atoms with Crippen molar-refractivity contribution in [2.24, 2.45) is 5.41 Å². The Labute approximate surface area is 304 Å². The molecule has 3 aromatic carbocycles. The van der Waals surface area contributed by atoms with Gasteiger partial charge in [0.1, 0.15) is 0 Å². The quantitative estimate of drug-likeness (QED) is 0.0940. The molecule has 15 heteroatoms. The first-order chi connectivity index (χ1) is 24.6. The number of nitrogens with one attached hydrogen (secondary N) is 4. The van der Waals surface area contributed by atoms with E-state index in [1.807, 2.05) is 57.2 Å². The summed E-state index contributed by atoms with van der Waals surface area (Å²) >= 11 is 6.03. The lowest BCUT2D eigenvalue weighted by molar-refractivity contribution is -0.154. The van der Waals surface area contributed by atoms with Crippen LogP contribution in [-0.4, -0.2) is 58.4 Å². The Morgan fingerprint density at radius 3 is 2.06 bits per heavy atom. The van der Waals surface area contributed by atoms with E-state index in [1.54, 1.807) is 36.4 Å². The van der Waals surface area contributed by atoms with E-state index in [0.717, 1.165) is 36.0 Å². The van der Waals surface area contributed by atoms with Gasteiger partial charge in [0.2, 0.25) is 17.7 Å². The number of amides is 2. The molecular formula is C37H39ClF3N7O4. The topological polar surface area (TPSA) is 147 Å². The van der Waals surface area contributed by atoms with Gasteiger partial charge in [-0.1, -0.05) is 68.8 Å². The van der Waals surface area contributed by atoms with Crippen molar-refractivity contribution in [2.45, 2.75) is 58.2 Å². The number of nitrogens with zero attached hydrogens (tertiary/aromatic N) is 3. The Balaban J connectivity index is 1.16. The second-order valence-electron chi connectivity index (χ2n) is 13.4. The van der Waals surface area contributed by atoms with Crippen LogP contribution in [0.2, 0.25) is 5.02 Å². The lowest BCUT2D eigenvalue weighted by Crippen LogP contribution is -2.44. The number of halogens is 4. The molecule has 1 heterocycles. The van der Waals surface area contributed by atoms with Crippen LogP contribution in [0, 0.1) is 5.41 Å². The summed E-state index contributed by atoms with van der Waals surface area (Å²) in [7, 11) is 0. The Morgan fingerprint density at radius 2 is 1.44 bits per heavy atom. The van der Waals surface area contributed by atoms with E-state index in [0.29, 0.717) is 16.3 Å². The lowest BCUT2D eigenvalue weighted by atomic mass is 9.93. The number of ketones is 1. The number of aryl methyl sites for hydroxylation is 1. The standard InChI is InChI=1S/C37H39ClF3N7O4/c1-4-23-5-7-24(8-6-23)19-29(49)31(51)43-21-35(2,3)20-42-30(50)25-9-15-28(16-10-25)44-32-45-33(47-34(46-32)52-22-37(39,40)41)48-36(17-18-36)26-11-13-27(38)14-12-26/h5-16H,4,17-22H2,1-3H3,(H,42,50)(H,43,51)(H2,44,45,46,47,48). The first-order valence-electron chi connectivity index (χ1n) is 16.7. The molecule has 1 aliphatic rings. The molecule has 0 aliphatic heterocycles. The molecule has 1 aliphatic carbocycles. The van der Waals surface area contributed by atoms with Crippen LogP contribution >= 0.6 is 11.6 Å². The van der Waals surface area contributed by atoms with Crippen LogP contribution in [0.5, 0.6) is 6.01 Å². The molecule has 1 fully saturated rings. The number of hydrogen-bond donors (Lipinski definition) is 4. The number of alkyl halides is 3. The minimum atomic E-state index is -4.60. The Kier molecular flexibility index (Phi) is 11.7. The molecule has 5 rings (SSSR count). The molecule has 274 valence electrons. The van der Waals surface area contributed by atoms with E-state index in [9.17, 15) is 27.6 Å². The largest absolute Gasteiger partial charge is 0.454 e. The highest BCUT2D eigenvalue weighted by Crippen LogP contribution is 2.48. The van der Waals surface area contributed by atoms with E-state index in [1.165, 1.54) is 0 Å². The van der Waals surface area contributed by atoms with Crippen molar-refractivity contribution in [1.29, 1.82) is 0 Å². The maximum atomic E-state index is 12.9. The van der Waals surface area contributed by atoms with E-state index in [4.69, 9.17) is 16.3 Å².